The molecule has 0 aliphatic heterocycles. The van der Waals surface area contributed by atoms with Crippen molar-refractivity contribution in [2.24, 2.45) is 0 Å². The van der Waals surface area contributed by atoms with Gasteiger partial charge in [0.15, 0.2) is 5.58 Å². The van der Waals surface area contributed by atoms with Crippen LogP contribution >= 0.6 is 0 Å². The van der Waals surface area contributed by atoms with Crippen molar-refractivity contribution >= 4 is 28.4 Å². The lowest BCUT2D eigenvalue weighted by Crippen LogP contribution is -2.24. The number of nitrogens with zero attached hydrogens (tertiary/aromatic N) is 5. The van der Waals surface area contributed by atoms with Crippen LogP contribution in [0, 0.1) is 10.1 Å². The van der Waals surface area contributed by atoms with Gasteiger partial charge in [-0.25, -0.2) is 14.5 Å². The summed E-state index contributed by atoms with van der Waals surface area (Å²) < 4.78 is 7.69. The number of hydrogen-bond donors (Lipinski definition) is 1. The van der Waals surface area contributed by atoms with E-state index in [1.54, 1.807) is 35.3 Å². The number of non-ortho nitro benzene ring substituents is 1. The quantitative estimate of drug-likeness (QED) is 0.411. The fraction of sp³-hybridized carbons (Fsp3) is 0.0588. The molecule has 0 radical (unpaired) electrons. The molecule has 2 aromatic carbocycles. The van der Waals surface area contributed by atoms with E-state index in [0.29, 0.717) is 11.2 Å². The molecule has 0 saturated heterocycles. The van der Waals surface area contributed by atoms with Crippen molar-refractivity contribution in [3.05, 3.63) is 75.8 Å². The number of carbonyl (C=O) groups excluding carboxylic acids is 1. The average Bonchev–Trinajstić information content (AvgIpc) is 3.31. The minimum atomic E-state index is -0.771. The minimum Gasteiger partial charge on any atom is -0.407 e. The molecule has 0 aliphatic rings. The molecule has 4 rings (SSSR count). The molecule has 0 unspecified atom stereocenters. The molecule has 1 amide bonds. The molecule has 2 heterocycles. The number of hydrogen-bond acceptors (Lipinski definition) is 7. The Kier molecular flexibility index (Phi) is 4.16. The Hall–Kier alpha value is -4.28. The summed E-state index contributed by atoms with van der Waals surface area (Å²) in [6, 6.07) is 10.6. The summed E-state index contributed by atoms with van der Waals surface area (Å²) in [5.74, 6) is -1.22. The van der Waals surface area contributed by atoms with Crippen molar-refractivity contribution in [1.82, 2.24) is 19.3 Å². The number of nitrogens with one attached hydrogen (secondary N) is 1. The maximum atomic E-state index is 12.3. The van der Waals surface area contributed by atoms with Crippen LogP contribution in [0.3, 0.4) is 0 Å². The van der Waals surface area contributed by atoms with Gasteiger partial charge in [0.2, 0.25) is 5.91 Å². The topological polar surface area (TPSA) is 138 Å². The third-order valence-electron chi connectivity index (χ3n) is 4.00. The summed E-state index contributed by atoms with van der Waals surface area (Å²) in [4.78, 5) is 38.4. The zero-order chi connectivity index (χ0) is 19.7. The van der Waals surface area contributed by atoms with Gasteiger partial charge in [0.05, 0.1) is 22.2 Å². The van der Waals surface area contributed by atoms with E-state index in [0.717, 1.165) is 16.3 Å². The number of fused-ring (bicyclic) bond motifs is 1. The number of benzene rings is 2. The van der Waals surface area contributed by atoms with Crippen LogP contribution in [0.1, 0.15) is 0 Å². The highest BCUT2D eigenvalue weighted by Gasteiger charge is 2.16. The Morgan fingerprint density at radius 3 is 2.68 bits per heavy atom. The number of anilines is 1. The van der Waals surface area contributed by atoms with E-state index in [1.807, 2.05) is 0 Å². The van der Waals surface area contributed by atoms with Gasteiger partial charge >= 0.3 is 5.76 Å². The van der Waals surface area contributed by atoms with Crippen LogP contribution in [0.2, 0.25) is 0 Å². The molecule has 0 bridgehead atoms. The van der Waals surface area contributed by atoms with Crippen LogP contribution in [0.4, 0.5) is 11.4 Å². The first-order chi connectivity index (χ1) is 13.5. The normalized spacial score (nSPS) is 10.9. The lowest BCUT2D eigenvalue weighted by atomic mass is 10.2. The molecular weight excluding hydrogens is 368 g/mol. The van der Waals surface area contributed by atoms with Gasteiger partial charge in [-0.1, -0.05) is 0 Å². The minimum absolute atomic E-state index is 0.0455. The van der Waals surface area contributed by atoms with Crippen LogP contribution in [-0.4, -0.2) is 30.2 Å². The molecule has 1 N–H and O–H groups in total. The standard InChI is InChI=1S/C17H12N6O5/c24-16(20-11-1-3-12(4-2-11)22-10-18-9-19-22)8-21-14-6-5-13(23(26)27)7-15(14)28-17(21)25/h1-7,9-10H,8H2,(H,20,24). The molecule has 0 saturated carbocycles. The van der Waals surface area contributed by atoms with E-state index in [1.165, 1.54) is 18.5 Å². The van der Waals surface area contributed by atoms with Crippen molar-refractivity contribution in [3.63, 3.8) is 0 Å². The van der Waals surface area contributed by atoms with Gasteiger partial charge in [-0.15, -0.1) is 0 Å². The summed E-state index contributed by atoms with van der Waals surface area (Å²) in [7, 11) is 0. The molecule has 4 aromatic rings. The van der Waals surface area contributed by atoms with E-state index in [9.17, 15) is 19.7 Å². The zero-order valence-electron chi connectivity index (χ0n) is 14.2. The lowest BCUT2D eigenvalue weighted by Gasteiger charge is -2.07. The third-order valence-corrected chi connectivity index (χ3v) is 4.00. The predicted octanol–water partition coefficient (Wildman–Crippen LogP) is 1.72. The Labute approximate surface area is 156 Å². The van der Waals surface area contributed by atoms with Gasteiger partial charge in [0.25, 0.3) is 5.69 Å². The van der Waals surface area contributed by atoms with E-state index in [2.05, 4.69) is 15.4 Å². The molecule has 28 heavy (non-hydrogen) atoms. The Balaban J connectivity index is 1.51. The number of carbonyl (C=O) groups is 1. The lowest BCUT2D eigenvalue weighted by molar-refractivity contribution is -0.384. The SMILES string of the molecule is O=C(Cn1c(=O)oc2cc([N+](=O)[O-])ccc21)Nc1ccc(-n2cncn2)cc1. The van der Waals surface area contributed by atoms with Crippen LogP contribution < -0.4 is 11.1 Å². The summed E-state index contributed by atoms with van der Waals surface area (Å²) in [5.41, 5.74) is 1.45. The molecule has 11 heteroatoms. The van der Waals surface area contributed by atoms with E-state index in [-0.39, 0.29) is 17.8 Å². The first-order valence-electron chi connectivity index (χ1n) is 8.04. The molecule has 2 aromatic heterocycles. The number of oxazole rings is 1. The summed E-state index contributed by atoms with van der Waals surface area (Å²) in [6.45, 7) is -0.297. The largest absolute Gasteiger partial charge is 0.420 e. The van der Waals surface area contributed by atoms with Gasteiger partial charge in [-0.2, -0.15) is 5.10 Å². The average molecular weight is 380 g/mol. The van der Waals surface area contributed by atoms with Crippen LogP contribution in [0.15, 0.2) is 64.3 Å². The van der Waals surface area contributed by atoms with Gasteiger partial charge in [-0.3, -0.25) is 19.5 Å². The molecule has 140 valence electrons. The highest BCUT2D eigenvalue weighted by Crippen LogP contribution is 2.20. The number of nitro benzene ring substituents is 1. The zero-order valence-corrected chi connectivity index (χ0v) is 14.2. The molecule has 0 atom stereocenters. The number of rotatable bonds is 5. The van der Waals surface area contributed by atoms with E-state index >= 15 is 0 Å². The second-order valence-electron chi connectivity index (χ2n) is 5.80. The molecular formula is C17H12N6O5. The summed E-state index contributed by atoms with van der Waals surface area (Å²) in [6.07, 6.45) is 2.96. The first-order valence-corrected chi connectivity index (χ1v) is 8.04. The maximum Gasteiger partial charge on any atom is 0.420 e. The third kappa shape index (κ3) is 3.23. The summed E-state index contributed by atoms with van der Waals surface area (Å²) >= 11 is 0. The van der Waals surface area contributed by atoms with Crippen molar-refractivity contribution in [2.45, 2.75) is 6.54 Å². The predicted molar refractivity (Wildman–Crippen MR) is 97.1 cm³/mol. The van der Waals surface area contributed by atoms with Crippen molar-refractivity contribution in [2.75, 3.05) is 5.32 Å². The van der Waals surface area contributed by atoms with Crippen LogP contribution in [0.5, 0.6) is 0 Å². The first kappa shape index (κ1) is 17.1. The number of aromatic nitrogens is 4. The molecule has 0 spiro atoms. The van der Waals surface area contributed by atoms with E-state index in [4.69, 9.17) is 4.42 Å². The molecule has 0 aliphatic carbocycles. The Morgan fingerprint density at radius 1 is 1.21 bits per heavy atom. The maximum absolute atomic E-state index is 12.3. The fourth-order valence-corrected chi connectivity index (χ4v) is 2.70. The van der Waals surface area contributed by atoms with Gasteiger partial charge in [-0.05, 0) is 30.3 Å². The second-order valence-corrected chi connectivity index (χ2v) is 5.80. The Morgan fingerprint density at radius 2 is 2.00 bits per heavy atom. The van der Waals surface area contributed by atoms with Crippen molar-refractivity contribution in [1.29, 1.82) is 0 Å². The molecule has 0 fully saturated rings. The van der Waals surface area contributed by atoms with Crippen LogP contribution in [0.25, 0.3) is 16.8 Å². The van der Waals surface area contributed by atoms with Gasteiger partial charge < -0.3 is 9.73 Å². The fourth-order valence-electron chi connectivity index (χ4n) is 2.70. The summed E-state index contributed by atoms with van der Waals surface area (Å²) in [5, 5.41) is 17.5. The highest BCUT2D eigenvalue weighted by molar-refractivity contribution is 5.91. The van der Waals surface area contributed by atoms with E-state index < -0.39 is 16.6 Å². The van der Waals surface area contributed by atoms with Gasteiger partial charge in [0.1, 0.15) is 19.2 Å². The second kappa shape index (κ2) is 6.79. The Bertz CT molecular complexity index is 1220. The van der Waals surface area contributed by atoms with Gasteiger partial charge in [0, 0.05) is 11.8 Å². The van der Waals surface area contributed by atoms with Crippen molar-refractivity contribution in [3.8, 4) is 5.69 Å². The van der Waals surface area contributed by atoms with Crippen LogP contribution in [-0.2, 0) is 11.3 Å². The molecule has 11 nitrogen and oxygen atoms in total. The van der Waals surface area contributed by atoms with Crippen molar-refractivity contribution < 1.29 is 14.1 Å². The number of amides is 1. The monoisotopic (exact) mass is 380 g/mol. The smallest absolute Gasteiger partial charge is 0.407 e. The highest BCUT2D eigenvalue weighted by atomic mass is 16.6. The number of nitro groups is 1.